The molecule has 1 aliphatic rings. The van der Waals surface area contributed by atoms with Crippen LogP contribution in [0.3, 0.4) is 0 Å². The van der Waals surface area contributed by atoms with Crippen LogP contribution in [0.5, 0.6) is 5.75 Å². The molecule has 1 N–H and O–H groups in total. The summed E-state index contributed by atoms with van der Waals surface area (Å²) in [6.07, 6.45) is 2.20. The number of aromatic nitrogens is 1. The van der Waals surface area contributed by atoms with E-state index in [9.17, 15) is 14.7 Å². The lowest BCUT2D eigenvalue weighted by molar-refractivity contribution is -0.119. The number of nitrogens with zero attached hydrogens (tertiary/aromatic N) is 2. The maximum absolute atomic E-state index is 12.6. The Bertz CT molecular complexity index is 1460. The molecule has 1 fully saturated rings. The normalized spacial score (nSPS) is 13.6. The van der Waals surface area contributed by atoms with E-state index < -0.39 is 5.97 Å². The van der Waals surface area contributed by atoms with Gasteiger partial charge in [-0.15, -0.1) is 0 Å². The Hall–Kier alpha value is -4.03. The highest BCUT2D eigenvalue weighted by Crippen LogP contribution is 2.37. The second kappa shape index (κ2) is 10.5. The lowest BCUT2D eigenvalue weighted by atomic mass is 10.1. The third kappa shape index (κ3) is 5.25. The number of aryl methyl sites for hydroxylation is 1. The van der Waals surface area contributed by atoms with Crippen molar-refractivity contribution in [3.63, 3.8) is 0 Å². The summed E-state index contributed by atoms with van der Waals surface area (Å²) in [5.74, 6) is -0.377. The van der Waals surface area contributed by atoms with Crippen LogP contribution in [0, 0.1) is 6.92 Å². The van der Waals surface area contributed by atoms with E-state index in [0.717, 1.165) is 35.4 Å². The van der Waals surface area contributed by atoms with Gasteiger partial charge in [-0.1, -0.05) is 41.9 Å². The summed E-state index contributed by atoms with van der Waals surface area (Å²) < 4.78 is 8.19. The van der Waals surface area contributed by atoms with Crippen molar-refractivity contribution in [2.24, 2.45) is 0 Å². The number of rotatable bonds is 7. The topological polar surface area (TPSA) is 71.8 Å². The molecule has 1 aromatic heterocycles. The number of carboxylic acids is 1. The number of aromatic carboxylic acids is 1. The number of ether oxygens (including phenoxy) is 1. The van der Waals surface area contributed by atoms with Gasteiger partial charge >= 0.3 is 5.97 Å². The summed E-state index contributed by atoms with van der Waals surface area (Å²) >= 11 is 6.41. The summed E-state index contributed by atoms with van der Waals surface area (Å²) in [6.45, 7) is 2.92. The van der Waals surface area contributed by atoms with Crippen LogP contribution in [0.15, 0.2) is 78.9 Å². The van der Waals surface area contributed by atoms with Gasteiger partial charge < -0.3 is 19.3 Å². The van der Waals surface area contributed by atoms with E-state index in [4.69, 9.17) is 16.3 Å². The number of carbonyl (C=O) groups excluding carboxylic acids is 1. The Morgan fingerprint density at radius 2 is 1.76 bits per heavy atom. The molecule has 2 heterocycles. The summed E-state index contributed by atoms with van der Waals surface area (Å²) in [4.78, 5) is 26.4. The van der Waals surface area contributed by atoms with Gasteiger partial charge in [-0.25, -0.2) is 4.79 Å². The van der Waals surface area contributed by atoms with Gasteiger partial charge in [-0.3, -0.25) is 4.79 Å². The maximum atomic E-state index is 12.6. The maximum Gasteiger partial charge on any atom is 0.335 e. The average molecular weight is 515 g/mol. The van der Waals surface area contributed by atoms with Gasteiger partial charge in [0.05, 0.1) is 11.3 Å². The average Bonchev–Trinajstić information content (AvgIpc) is 3.29. The number of amides is 1. The van der Waals surface area contributed by atoms with Crippen molar-refractivity contribution in [2.45, 2.75) is 32.8 Å². The first kappa shape index (κ1) is 24.7. The van der Waals surface area contributed by atoms with Crippen LogP contribution >= 0.6 is 11.6 Å². The number of anilines is 1. The minimum atomic E-state index is -1.05. The van der Waals surface area contributed by atoms with Crippen molar-refractivity contribution >= 4 is 29.2 Å². The molecule has 188 valence electrons. The number of halogens is 1. The van der Waals surface area contributed by atoms with Crippen molar-refractivity contribution in [2.75, 3.05) is 11.4 Å². The third-order valence-electron chi connectivity index (χ3n) is 6.57. The van der Waals surface area contributed by atoms with Crippen LogP contribution in [0.25, 0.3) is 16.9 Å². The first-order valence-electron chi connectivity index (χ1n) is 12.2. The van der Waals surface area contributed by atoms with Gasteiger partial charge in [0.1, 0.15) is 12.4 Å². The molecule has 4 aromatic rings. The zero-order valence-electron chi connectivity index (χ0n) is 20.5. The predicted octanol–water partition coefficient (Wildman–Crippen LogP) is 6.90. The number of carboxylic acid groups (broad SMARTS) is 1. The minimum absolute atomic E-state index is 0.00984. The predicted molar refractivity (Wildman–Crippen MR) is 145 cm³/mol. The number of hydrogen-bond donors (Lipinski definition) is 1. The van der Waals surface area contributed by atoms with Gasteiger partial charge in [0.15, 0.2) is 0 Å². The van der Waals surface area contributed by atoms with Crippen LogP contribution in [-0.4, -0.2) is 28.1 Å². The Balaban J connectivity index is 1.60. The van der Waals surface area contributed by atoms with Crippen molar-refractivity contribution < 1.29 is 19.4 Å². The van der Waals surface area contributed by atoms with Gasteiger partial charge in [0.2, 0.25) is 5.91 Å². The quantitative estimate of drug-likeness (QED) is 0.291. The van der Waals surface area contributed by atoms with Gasteiger partial charge in [0, 0.05) is 40.6 Å². The molecule has 0 spiro atoms. The molecule has 3 aromatic carbocycles. The summed E-state index contributed by atoms with van der Waals surface area (Å²) in [5, 5.41) is 10.4. The molecular formula is C30H27ClN2O4. The molecule has 0 bridgehead atoms. The van der Waals surface area contributed by atoms with E-state index in [-0.39, 0.29) is 11.5 Å². The van der Waals surface area contributed by atoms with Crippen LogP contribution in [-0.2, 0) is 11.4 Å². The Morgan fingerprint density at radius 3 is 2.51 bits per heavy atom. The molecule has 0 radical (unpaired) electrons. The zero-order chi connectivity index (χ0) is 25.9. The Labute approximate surface area is 220 Å². The molecule has 1 saturated heterocycles. The van der Waals surface area contributed by atoms with E-state index in [0.29, 0.717) is 41.7 Å². The molecule has 1 amide bonds. The van der Waals surface area contributed by atoms with E-state index in [1.54, 1.807) is 23.1 Å². The fourth-order valence-corrected chi connectivity index (χ4v) is 4.91. The van der Waals surface area contributed by atoms with Gasteiger partial charge in [-0.05, 0) is 73.9 Å². The summed E-state index contributed by atoms with van der Waals surface area (Å²) in [7, 11) is 0. The molecule has 6 nitrogen and oxygen atoms in total. The van der Waals surface area contributed by atoms with E-state index in [1.807, 2.05) is 72.2 Å². The largest absolute Gasteiger partial charge is 0.488 e. The molecule has 5 rings (SSSR count). The molecule has 0 aliphatic carbocycles. The van der Waals surface area contributed by atoms with Crippen molar-refractivity contribution in [3.8, 4) is 22.7 Å². The Kier molecular flexibility index (Phi) is 7.01. The second-order valence-electron chi connectivity index (χ2n) is 9.16. The van der Waals surface area contributed by atoms with Crippen LogP contribution in [0.1, 0.15) is 40.9 Å². The molecule has 7 heteroatoms. The summed E-state index contributed by atoms with van der Waals surface area (Å²) in [6, 6.07) is 24.4. The van der Waals surface area contributed by atoms with E-state index in [2.05, 4.69) is 0 Å². The molecule has 0 atom stereocenters. The number of hydrogen-bond acceptors (Lipinski definition) is 3. The highest BCUT2D eigenvalue weighted by atomic mass is 35.5. The van der Waals surface area contributed by atoms with Crippen LogP contribution in [0.2, 0.25) is 5.02 Å². The van der Waals surface area contributed by atoms with E-state index in [1.165, 1.54) is 0 Å². The molecule has 37 heavy (non-hydrogen) atoms. The van der Waals surface area contributed by atoms with Gasteiger partial charge in [-0.2, -0.15) is 0 Å². The fraction of sp³-hybridized carbons (Fsp3) is 0.200. The monoisotopic (exact) mass is 514 g/mol. The van der Waals surface area contributed by atoms with Crippen LogP contribution < -0.4 is 9.64 Å². The fourth-order valence-electron chi connectivity index (χ4n) is 4.74. The molecule has 0 unspecified atom stereocenters. The lowest BCUT2D eigenvalue weighted by Crippen LogP contribution is -2.35. The first-order valence-corrected chi connectivity index (χ1v) is 12.6. The van der Waals surface area contributed by atoms with Crippen LogP contribution in [0.4, 0.5) is 5.69 Å². The first-order chi connectivity index (χ1) is 17.9. The van der Waals surface area contributed by atoms with Gasteiger partial charge in [0.25, 0.3) is 0 Å². The number of benzene rings is 3. The molecular weight excluding hydrogens is 488 g/mol. The minimum Gasteiger partial charge on any atom is -0.488 e. The smallest absolute Gasteiger partial charge is 0.335 e. The number of carbonyl (C=O) groups is 2. The standard InChI is InChI=1S/C30H27ClN2O4/c1-20-10-12-27(26-17-23(31)11-13-28(26)37-19-21-7-3-2-4-8-21)33(20)25-16-22(30(35)36)15-24(18-25)32-14-6-5-9-29(32)34/h2-4,7-8,10-13,15-18H,5-6,9,14,19H2,1H3,(H,35,36). The molecule has 1 aliphatic heterocycles. The van der Waals surface area contributed by atoms with E-state index >= 15 is 0 Å². The van der Waals surface area contributed by atoms with Crippen molar-refractivity contribution in [3.05, 3.63) is 101 Å². The number of piperidine rings is 1. The molecule has 0 saturated carbocycles. The van der Waals surface area contributed by atoms with Crippen molar-refractivity contribution in [1.29, 1.82) is 0 Å². The second-order valence-corrected chi connectivity index (χ2v) is 9.59. The Morgan fingerprint density at radius 1 is 0.973 bits per heavy atom. The highest BCUT2D eigenvalue weighted by molar-refractivity contribution is 6.31. The third-order valence-corrected chi connectivity index (χ3v) is 6.81. The summed E-state index contributed by atoms with van der Waals surface area (Å²) in [5.41, 5.74) is 4.90. The van der Waals surface area contributed by atoms with Crippen molar-refractivity contribution in [1.82, 2.24) is 4.57 Å². The highest BCUT2D eigenvalue weighted by Gasteiger charge is 2.23. The lowest BCUT2D eigenvalue weighted by Gasteiger charge is -2.28. The SMILES string of the molecule is Cc1ccc(-c2cc(Cl)ccc2OCc2ccccc2)n1-c1cc(C(=O)O)cc(N2CCCCC2=O)c1. The zero-order valence-corrected chi connectivity index (χ0v) is 21.2.